The van der Waals surface area contributed by atoms with Gasteiger partial charge in [-0.2, -0.15) is 0 Å². The van der Waals surface area contributed by atoms with Gasteiger partial charge in [-0.25, -0.2) is 0 Å². The third kappa shape index (κ3) is 4.13. The van der Waals surface area contributed by atoms with E-state index in [0.29, 0.717) is 13.0 Å². The number of carbonyl (C=O) groups is 1. The monoisotopic (exact) mass is 260 g/mol. The van der Waals surface area contributed by atoms with Gasteiger partial charge in [0.25, 0.3) is 0 Å². The quantitative estimate of drug-likeness (QED) is 0.796. The van der Waals surface area contributed by atoms with E-state index in [9.17, 15) is 4.79 Å². The van der Waals surface area contributed by atoms with E-state index in [-0.39, 0.29) is 17.9 Å². The number of amides is 1. The third-order valence-corrected chi connectivity index (χ3v) is 3.53. The van der Waals surface area contributed by atoms with Crippen LogP contribution in [-0.4, -0.2) is 21.9 Å². The molecule has 5 nitrogen and oxygen atoms in total. The summed E-state index contributed by atoms with van der Waals surface area (Å²) in [4.78, 5) is 19.9. The van der Waals surface area contributed by atoms with E-state index in [2.05, 4.69) is 21.9 Å². The number of hydrogen-bond acceptors (Lipinski definition) is 4. The lowest BCUT2D eigenvalue weighted by molar-refractivity contribution is -0.122. The van der Waals surface area contributed by atoms with Crippen LogP contribution in [0, 0.1) is 5.92 Å². The largest absolute Gasteiger partial charge is 0.350 e. The van der Waals surface area contributed by atoms with Crippen molar-refractivity contribution in [3.63, 3.8) is 0 Å². The summed E-state index contributed by atoms with van der Waals surface area (Å²) in [6, 6.07) is 0.0588. The Bertz CT molecular complexity index is 446. The smallest absolute Gasteiger partial charge is 0.220 e. The molecule has 1 aromatic heterocycles. The first-order chi connectivity index (χ1) is 9.15. The zero-order chi connectivity index (χ0) is 13.7. The second-order valence-electron chi connectivity index (χ2n) is 5.09. The maximum Gasteiger partial charge on any atom is 0.220 e. The van der Waals surface area contributed by atoms with E-state index in [1.165, 1.54) is 5.57 Å². The molecule has 1 saturated carbocycles. The van der Waals surface area contributed by atoms with Crippen molar-refractivity contribution in [3.8, 4) is 0 Å². The molecule has 0 saturated heterocycles. The predicted octanol–water partition coefficient (Wildman–Crippen LogP) is 1.17. The fraction of sp³-hybridized carbons (Fsp3) is 0.500. The molecule has 2 unspecified atom stereocenters. The molecule has 1 amide bonds. The van der Waals surface area contributed by atoms with Crippen molar-refractivity contribution in [2.75, 3.05) is 0 Å². The molecule has 2 rings (SSSR count). The minimum absolute atomic E-state index is 0.0265. The van der Waals surface area contributed by atoms with Crippen molar-refractivity contribution >= 4 is 5.91 Å². The van der Waals surface area contributed by atoms with Crippen molar-refractivity contribution < 1.29 is 4.79 Å². The second-order valence-corrected chi connectivity index (χ2v) is 5.09. The molecule has 0 bridgehead atoms. The van der Waals surface area contributed by atoms with Crippen LogP contribution in [0.15, 0.2) is 30.7 Å². The second kappa shape index (κ2) is 6.43. The van der Waals surface area contributed by atoms with Crippen LogP contribution < -0.4 is 11.1 Å². The highest BCUT2D eigenvalue weighted by atomic mass is 16.1. The summed E-state index contributed by atoms with van der Waals surface area (Å²) in [6.07, 6.45) is 8.13. The Labute approximate surface area is 113 Å². The number of carbonyl (C=O) groups excluding carboxylic acids is 1. The molecule has 5 heteroatoms. The molecule has 1 fully saturated rings. The zero-order valence-electron chi connectivity index (χ0n) is 11.0. The molecule has 0 radical (unpaired) electrons. The van der Waals surface area contributed by atoms with Crippen LogP contribution in [0.3, 0.4) is 0 Å². The Kier molecular flexibility index (Phi) is 4.63. The third-order valence-electron chi connectivity index (χ3n) is 3.53. The summed E-state index contributed by atoms with van der Waals surface area (Å²) in [7, 11) is 0. The maximum atomic E-state index is 11.9. The number of aromatic nitrogens is 2. The molecule has 1 aliphatic carbocycles. The van der Waals surface area contributed by atoms with Gasteiger partial charge in [0.15, 0.2) is 0 Å². The summed E-state index contributed by atoms with van der Waals surface area (Å²) in [6.45, 7) is 4.38. The lowest BCUT2D eigenvalue weighted by Crippen LogP contribution is -2.37. The van der Waals surface area contributed by atoms with Crippen LogP contribution >= 0.6 is 0 Å². The number of nitrogens with one attached hydrogen (secondary N) is 1. The summed E-state index contributed by atoms with van der Waals surface area (Å²) >= 11 is 0. The Morgan fingerprint density at radius 2 is 2.37 bits per heavy atom. The van der Waals surface area contributed by atoms with Crippen molar-refractivity contribution in [2.24, 2.45) is 11.7 Å². The Morgan fingerprint density at radius 1 is 1.53 bits per heavy atom. The summed E-state index contributed by atoms with van der Waals surface area (Å²) in [5.41, 5.74) is 8.02. The summed E-state index contributed by atoms with van der Waals surface area (Å²) in [5, 5.41) is 2.86. The fourth-order valence-corrected chi connectivity index (χ4v) is 2.38. The minimum Gasteiger partial charge on any atom is -0.350 e. The van der Waals surface area contributed by atoms with Gasteiger partial charge in [-0.05, 0) is 25.2 Å². The molecule has 1 aromatic rings. The van der Waals surface area contributed by atoms with Gasteiger partial charge in [0.1, 0.15) is 0 Å². The Morgan fingerprint density at radius 3 is 3.05 bits per heavy atom. The maximum absolute atomic E-state index is 11.9. The summed E-state index contributed by atoms with van der Waals surface area (Å²) < 4.78 is 0. The normalized spacial score (nSPS) is 23.1. The zero-order valence-corrected chi connectivity index (χ0v) is 11.0. The van der Waals surface area contributed by atoms with Crippen LogP contribution in [0.4, 0.5) is 0 Å². The molecule has 1 heterocycles. The van der Waals surface area contributed by atoms with Crippen molar-refractivity contribution in [2.45, 2.75) is 38.3 Å². The first kappa shape index (κ1) is 13.7. The van der Waals surface area contributed by atoms with Crippen LogP contribution in [0.2, 0.25) is 0 Å². The van der Waals surface area contributed by atoms with Crippen LogP contribution in [0.1, 0.15) is 31.4 Å². The molecule has 102 valence electrons. The van der Waals surface area contributed by atoms with Crippen molar-refractivity contribution in [3.05, 3.63) is 36.4 Å². The average Bonchev–Trinajstić information content (AvgIpc) is 2.41. The number of hydrogen-bond donors (Lipinski definition) is 2. The average molecular weight is 260 g/mol. The van der Waals surface area contributed by atoms with E-state index in [4.69, 9.17) is 5.73 Å². The topological polar surface area (TPSA) is 80.9 Å². The lowest BCUT2D eigenvalue weighted by Gasteiger charge is -2.29. The van der Waals surface area contributed by atoms with Gasteiger partial charge in [-0.3, -0.25) is 14.8 Å². The van der Waals surface area contributed by atoms with Gasteiger partial charge in [-0.1, -0.05) is 12.2 Å². The summed E-state index contributed by atoms with van der Waals surface area (Å²) in [5.74, 6) is 0.283. The Balaban J connectivity index is 1.77. The standard InChI is InChI=1S/C14H20N4O/c1-10-2-3-11(13(15)6-10)7-14(19)18-9-12-8-16-4-5-17-12/h4-5,8,11,13H,1-3,6-7,9,15H2,(H,18,19). The van der Waals surface area contributed by atoms with E-state index < -0.39 is 0 Å². The van der Waals surface area contributed by atoms with Gasteiger partial charge in [0, 0.05) is 24.9 Å². The van der Waals surface area contributed by atoms with Gasteiger partial charge in [0.05, 0.1) is 18.4 Å². The molecule has 0 aromatic carbocycles. The highest BCUT2D eigenvalue weighted by Gasteiger charge is 2.25. The van der Waals surface area contributed by atoms with E-state index in [1.54, 1.807) is 18.6 Å². The first-order valence-electron chi connectivity index (χ1n) is 6.59. The van der Waals surface area contributed by atoms with E-state index in [1.807, 2.05) is 0 Å². The molecule has 0 spiro atoms. The predicted molar refractivity (Wildman–Crippen MR) is 73.0 cm³/mol. The van der Waals surface area contributed by atoms with Gasteiger partial charge >= 0.3 is 0 Å². The lowest BCUT2D eigenvalue weighted by atomic mass is 9.81. The Hall–Kier alpha value is -1.75. The molecule has 3 N–H and O–H groups in total. The van der Waals surface area contributed by atoms with Gasteiger partial charge < -0.3 is 11.1 Å². The molecular weight excluding hydrogens is 240 g/mol. The SMILES string of the molecule is C=C1CCC(CC(=O)NCc2cnccn2)C(N)C1. The van der Waals surface area contributed by atoms with E-state index in [0.717, 1.165) is 25.0 Å². The van der Waals surface area contributed by atoms with Crippen molar-refractivity contribution in [1.29, 1.82) is 0 Å². The van der Waals surface area contributed by atoms with E-state index >= 15 is 0 Å². The minimum atomic E-state index is 0.0265. The van der Waals surface area contributed by atoms with Crippen LogP contribution in [0.5, 0.6) is 0 Å². The fourth-order valence-electron chi connectivity index (χ4n) is 2.38. The molecule has 0 aliphatic heterocycles. The molecular formula is C14H20N4O. The van der Waals surface area contributed by atoms with Crippen LogP contribution in [0.25, 0.3) is 0 Å². The number of rotatable bonds is 4. The molecule has 19 heavy (non-hydrogen) atoms. The van der Waals surface area contributed by atoms with Crippen LogP contribution in [-0.2, 0) is 11.3 Å². The van der Waals surface area contributed by atoms with Gasteiger partial charge in [0.2, 0.25) is 5.91 Å². The number of nitrogens with zero attached hydrogens (tertiary/aromatic N) is 2. The van der Waals surface area contributed by atoms with Crippen molar-refractivity contribution in [1.82, 2.24) is 15.3 Å². The highest BCUT2D eigenvalue weighted by Crippen LogP contribution is 2.28. The molecule has 1 aliphatic rings. The van der Waals surface area contributed by atoms with Gasteiger partial charge in [-0.15, -0.1) is 0 Å². The number of nitrogens with two attached hydrogens (primary N) is 1. The first-order valence-corrected chi connectivity index (χ1v) is 6.59. The molecule has 2 atom stereocenters. The highest BCUT2D eigenvalue weighted by molar-refractivity contribution is 5.76.